The number of rotatable bonds is 5. The van der Waals surface area contributed by atoms with Crippen LogP contribution < -0.4 is 10.9 Å². The average molecular weight is 328 g/mol. The highest BCUT2D eigenvalue weighted by molar-refractivity contribution is 9.10. The zero-order valence-electron chi connectivity index (χ0n) is 9.94. The van der Waals surface area contributed by atoms with Crippen LogP contribution in [0.3, 0.4) is 0 Å². The van der Waals surface area contributed by atoms with Gasteiger partial charge < -0.3 is 10.3 Å². The Bertz CT molecular complexity index is 553. The lowest BCUT2D eigenvalue weighted by atomic mass is 10.1. The number of aromatic nitrogens is 2. The fourth-order valence-corrected chi connectivity index (χ4v) is 2.86. The first-order valence-electron chi connectivity index (χ1n) is 5.75. The molecule has 0 aliphatic rings. The third kappa shape index (κ3) is 3.00. The van der Waals surface area contributed by atoms with Gasteiger partial charge in [0.1, 0.15) is 10.3 Å². The molecule has 0 fully saturated rings. The van der Waals surface area contributed by atoms with Crippen molar-refractivity contribution in [2.24, 2.45) is 0 Å². The summed E-state index contributed by atoms with van der Waals surface area (Å²) >= 11 is 4.97. The van der Waals surface area contributed by atoms with Crippen LogP contribution >= 0.6 is 27.3 Å². The predicted octanol–water partition coefficient (Wildman–Crippen LogP) is 3.55. The summed E-state index contributed by atoms with van der Waals surface area (Å²) in [6, 6.07) is 4.32. The molecule has 0 amide bonds. The summed E-state index contributed by atoms with van der Waals surface area (Å²) in [6.45, 7) is 2.14. The van der Waals surface area contributed by atoms with Crippen LogP contribution in [0.15, 0.2) is 33.1 Å². The number of hydrogen-bond donors (Lipinski definition) is 2. The number of hydrogen-bond acceptors (Lipinski definition) is 4. The van der Waals surface area contributed by atoms with Crippen LogP contribution in [-0.4, -0.2) is 9.97 Å². The van der Waals surface area contributed by atoms with E-state index >= 15 is 0 Å². The molecule has 0 aliphatic heterocycles. The van der Waals surface area contributed by atoms with Gasteiger partial charge in [-0.05, 0) is 33.8 Å². The summed E-state index contributed by atoms with van der Waals surface area (Å²) in [5, 5.41) is 5.38. The SMILES string of the molecule is CCCC(Nc1nc[nH]c(=O)c1Br)c1cccs1. The maximum atomic E-state index is 11.5. The third-order valence-corrected chi connectivity index (χ3v) is 4.29. The van der Waals surface area contributed by atoms with E-state index in [1.165, 1.54) is 11.2 Å². The smallest absolute Gasteiger partial charge is 0.267 e. The maximum Gasteiger partial charge on any atom is 0.267 e. The molecule has 0 spiro atoms. The molecule has 96 valence electrons. The second kappa shape index (κ2) is 6.15. The van der Waals surface area contributed by atoms with Crippen molar-refractivity contribution in [1.82, 2.24) is 9.97 Å². The molecule has 2 aromatic rings. The number of halogens is 1. The van der Waals surface area contributed by atoms with Gasteiger partial charge in [-0.2, -0.15) is 0 Å². The molecule has 4 nitrogen and oxygen atoms in total. The normalized spacial score (nSPS) is 12.3. The van der Waals surface area contributed by atoms with Crippen molar-refractivity contribution in [3.8, 4) is 0 Å². The number of aromatic amines is 1. The molecular weight excluding hydrogens is 314 g/mol. The van der Waals surface area contributed by atoms with Gasteiger partial charge in [-0.25, -0.2) is 4.98 Å². The van der Waals surface area contributed by atoms with E-state index in [9.17, 15) is 4.79 Å². The number of nitrogens with one attached hydrogen (secondary N) is 2. The zero-order valence-corrected chi connectivity index (χ0v) is 12.3. The van der Waals surface area contributed by atoms with Crippen LogP contribution in [0.1, 0.15) is 30.7 Å². The highest BCUT2D eigenvalue weighted by Gasteiger charge is 2.14. The number of anilines is 1. The second-order valence-electron chi connectivity index (χ2n) is 3.90. The Morgan fingerprint density at radius 1 is 1.61 bits per heavy atom. The van der Waals surface area contributed by atoms with Gasteiger partial charge in [-0.3, -0.25) is 4.79 Å². The van der Waals surface area contributed by atoms with Crippen LogP contribution in [0, 0.1) is 0 Å². The van der Waals surface area contributed by atoms with Crippen LogP contribution in [0.25, 0.3) is 0 Å². The Kier molecular flexibility index (Phi) is 4.54. The topological polar surface area (TPSA) is 57.8 Å². The predicted molar refractivity (Wildman–Crippen MR) is 78.1 cm³/mol. The van der Waals surface area contributed by atoms with Crippen molar-refractivity contribution in [2.75, 3.05) is 5.32 Å². The van der Waals surface area contributed by atoms with Crippen molar-refractivity contribution in [3.05, 3.63) is 43.5 Å². The molecule has 2 aromatic heterocycles. The van der Waals surface area contributed by atoms with Gasteiger partial charge in [0.15, 0.2) is 0 Å². The molecule has 0 radical (unpaired) electrons. The monoisotopic (exact) mass is 327 g/mol. The van der Waals surface area contributed by atoms with Gasteiger partial charge in [0.2, 0.25) is 0 Å². The fraction of sp³-hybridized carbons (Fsp3) is 0.333. The molecule has 2 N–H and O–H groups in total. The van der Waals surface area contributed by atoms with Gasteiger partial charge in [-0.1, -0.05) is 19.4 Å². The summed E-state index contributed by atoms with van der Waals surface area (Å²) in [5.41, 5.74) is -0.172. The average Bonchev–Trinajstić information content (AvgIpc) is 2.88. The summed E-state index contributed by atoms with van der Waals surface area (Å²) in [7, 11) is 0. The Morgan fingerprint density at radius 3 is 3.11 bits per heavy atom. The minimum Gasteiger partial charge on any atom is -0.361 e. The van der Waals surface area contributed by atoms with E-state index in [2.05, 4.69) is 49.6 Å². The van der Waals surface area contributed by atoms with E-state index in [1.807, 2.05) is 6.07 Å². The molecule has 6 heteroatoms. The van der Waals surface area contributed by atoms with Crippen LogP contribution in [0.4, 0.5) is 5.82 Å². The fourth-order valence-electron chi connectivity index (χ4n) is 1.71. The summed E-state index contributed by atoms with van der Waals surface area (Å²) in [5.74, 6) is 0.589. The van der Waals surface area contributed by atoms with Gasteiger partial charge in [-0.15, -0.1) is 11.3 Å². The highest BCUT2D eigenvalue weighted by atomic mass is 79.9. The van der Waals surface area contributed by atoms with E-state index in [4.69, 9.17) is 0 Å². The first-order valence-corrected chi connectivity index (χ1v) is 7.42. The largest absolute Gasteiger partial charge is 0.361 e. The molecule has 0 saturated heterocycles. The van der Waals surface area contributed by atoms with Gasteiger partial charge in [0.25, 0.3) is 5.56 Å². The van der Waals surface area contributed by atoms with Crippen LogP contribution in [0.5, 0.6) is 0 Å². The molecule has 2 rings (SSSR count). The standard InChI is InChI=1S/C12H14BrN3OS/c1-2-4-8(9-5-3-6-18-9)16-11-10(13)12(17)15-7-14-11/h3,5-8H,2,4H2,1H3,(H2,14,15,16,17). The van der Waals surface area contributed by atoms with E-state index < -0.39 is 0 Å². The quantitative estimate of drug-likeness (QED) is 0.882. The highest BCUT2D eigenvalue weighted by Crippen LogP contribution is 2.28. The summed E-state index contributed by atoms with van der Waals surface area (Å²) < 4.78 is 0.447. The Morgan fingerprint density at radius 2 is 2.44 bits per heavy atom. The van der Waals surface area contributed by atoms with E-state index in [0.717, 1.165) is 12.8 Å². The van der Waals surface area contributed by atoms with Crippen molar-refractivity contribution < 1.29 is 0 Å². The van der Waals surface area contributed by atoms with Crippen LogP contribution in [0.2, 0.25) is 0 Å². The van der Waals surface area contributed by atoms with Crippen molar-refractivity contribution in [1.29, 1.82) is 0 Å². The van der Waals surface area contributed by atoms with E-state index in [1.54, 1.807) is 11.3 Å². The summed E-state index contributed by atoms with van der Waals surface area (Å²) in [6.07, 6.45) is 3.48. The lowest BCUT2D eigenvalue weighted by Gasteiger charge is -2.17. The van der Waals surface area contributed by atoms with E-state index in [-0.39, 0.29) is 11.6 Å². The Hall–Kier alpha value is -1.14. The van der Waals surface area contributed by atoms with Gasteiger partial charge in [0.05, 0.1) is 12.4 Å². The van der Waals surface area contributed by atoms with Crippen molar-refractivity contribution >= 4 is 33.1 Å². The molecular formula is C12H14BrN3OS. The second-order valence-corrected chi connectivity index (χ2v) is 5.67. The van der Waals surface area contributed by atoms with Crippen LogP contribution in [-0.2, 0) is 0 Å². The first-order chi connectivity index (χ1) is 8.72. The third-order valence-electron chi connectivity index (χ3n) is 2.57. The minimum absolute atomic E-state index is 0.172. The lowest BCUT2D eigenvalue weighted by molar-refractivity contribution is 0.683. The molecule has 0 aliphatic carbocycles. The zero-order chi connectivity index (χ0) is 13.0. The summed E-state index contributed by atoms with van der Waals surface area (Å²) in [4.78, 5) is 19.4. The van der Waals surface area contributed by atoms with Gasteiger partial charge >= 0.3 is 0 Å². The molecule has 0 aromatic carbocycles. The molecule has 0 bridgehead atoms. The van der Waals surface area contributed by atoms with Crippen molar-refractivity contribution in [2.45, 2.75) is 25.8 Å². The number of nitrogens with zero attached hydrogens (tertiary/aromatic N) is 1. The first kappa shape index (κ1) is 13.3. The maximum absolute atomic E-state index is 11.5. The van der Waals surface area contributed by atoms with E-state index in [0.29, 0.717) is 10.3 Å². The van der Waals surface area contributed by atoms with Gasteiger partial charge in [0, 0.05) is 4.88 Å². The Labute approximate surface area is 118 Å². The lowest BCUT2D eigenvalue weighted by Crippen LogP contribution is -2.15. The molecule has 2 heterocycles. The minimum atomic E-state index is -0.172. The molecule has 1 unspecified atom stereocenters. The Balaban J connectivity index is 2.24. The molecule has 18 heavy (non-hydrogen) atoms. The van der Waals surface area contributed by atoms with Crippen molar-refractivity contribution in [3.63, 3.8) is 0 Å². The number of H-pyrrole nitrogens is 1. The molecule has 1 atom stereocenters. The molecule has 0 saturated carbocycles. The number of thiophene rings is 1.